The van der Waals surface area contributed by atoms with Crippen LogP contribution in [-0.2, 0) is 9.53 Å². The van der Waals surface area contributed by atoms with Gasteiger partial charge in [0.2, 0.25) is 5.90 Å². The van der Waals surface area contributed by atoms with Crippen molar-refractivity contribution in [2.24, 2.45) is 4.99 Å². The minimum Gasteiger partial charge on any atom is -0.496 e. The van der Waals surface area contributed by atoms with Gasteiger partial charge in [-0.3, -0.25) is 4.98 Å². The number of aromatic nitrogens is 1. The first-order valence-electron chi connectivity index (χ1n) is 7.00. The van der Waals surface area contributed by atoms with Gasteiger partial charge < -0.3 is 9.47 Å². The summed E-state index contributed by atoms with van der Waals surface area (Å²) in [6.07, 6.45) is 8.38. The molecule has 23 heavy (non-hydrogen) atoms. The molecule has 1 aromatic heterocycles. The minimum absolute atomic E-state index is 0.246. The van der Waals surface area contributed by atoms with Crippen LogP contribution in [0.2, 0.25) is 0 Å². The lowest BCUT2D eigenvalue weighted by Crippen LogP contribution is -2.01. The van der Waals surface area contributed by atoms with E-state index in [2.05, 4.69) is 9.98 Å². The fourth-order valence-electron chi connectivity index (χ4n) is 2.08. The average Bonchev–Trinajstić information content (AvgIpc) is 2.94. The number of nitrogens with zero attached hydrogens (tertiary/aromatic N) is 2. The molecule has 2 aromatic rings. The number of rotatable bonds is 4. The van der Waals surface area contributed by atoms with Gasteiger partial charge in [0, 0.05) is 24.0 Å². The molecule has 0 spiro atoms. The molecule has 5 heteroatoms. The van der Waals surface area contributed by atoms with E-state index in [1.807, 2.05) is 30.3 Å². The van der Waals surface area contributed by atoms with Crippen molar-refractivity contribution in [2.75, 3.05) is 7.11 Å². The molecule has 0 saturated heterocycles. The van der Waals surface area contributed by atoms with Crippen LogP contribution in [0.3, 0.4) is 0 Å². The van der Waals surface area contributed by atoms with Crippen LogP contribution in [0.5, 0.6) is 5.75 Å². The maximum absolute atomic E-state index is 11.8. The van der Waals surface area contributed by atoms with Crippen molar-refractivity contribution in [1.82, 2.24) is 4.98 Å². The van der Waals surface area contributed by atoms with Gasteiger partial charge in [0.15, 0.2) is 5.70 Å². The van der Waals surface area contributed by atoms with Crippen molar-refractivity contribution in [1.29, 1.82) is 0 Å². The Labute approximate surface area is 133 Å². The fourth-order valence-corrected chi connectivity index (χ4v) is 2.08. The first-order valence-corrected chi connectivity index (χ1v) is 7.00. The van der Waals surface area contributed by atoms with Gasteiger partial charge >= 0.3 is 5.97 Å². The van der Waals surface area contributed by atoms with E-state index in [-0.39, 0.29) is 11.6 Å². The quantitative estimate of drug-likeness (QED) is 0.643. The Kier molecular flexibility index (Phi) is 4.29. The number of cyclic esters (lactones) is 1. The van der Waals surface area contributed by atoms with E-state index < -0.39 is 5.97 Å². The standard InChI is InChI=1S/C18H14N2O3/c1-22-16-7-3-2-6-14(16)8-9-17-20-15(18(21)23-17)11-13-5-4-10-19-12-13/h2-12H,1H3/b9-8+,15-11?. The number of carbonyl (C=O) groups excluding carboxylic acids is 1. The summed E-state index contributed by atoms with van der Waals surface area (Å²) in [4.78, 5) is 20.0. The van der Waals surface area contributed by atoms with E-state index in [0.717, 1.165) is 16.9 Å². The van der Waals surface area contributed by atoms with E-state index in [9.17, 15) is 4.79 Å². The minimum atomic E-state index is -0.478. The third-order valence-corrected chi connectivity index (χ3v) is 3.17. The number of esters is 1. The van der Waals surface area contributed by atoms with E-state index in [1.165, 1.54) is 0 Å². The average molecular weight is 306 g/mol. The Morgan fingerprint density at radius 2 is 2.00 bits per heavy atom. The second-order valence-corrected chi connectivity index (χ2v) is 4.73. The third kappa shape index (κ3) is 3.52. The van der Waals surface area contributed by atoms with Crippen molar-refractivity contribution < 1.29 is 14.3 Å². The Balaban J connectivity index is 1.82. The van der Waals surface area contributed by atoms with E-state index >= 15 is 0 Å². The lowest BCUT2D eigenvalue weighted by atomic mass is 10.2. The zero-order chi connectivity index (χ0) is 16.1. The molecule has 0 radical (unpaired) electrons. The number of hydrogen-bond donors (Lipinski definition) is 0. The first kappa shape index (κ1) is 14.7. The summed E-state index contributed by atoms with van der Waals surface area (Å²) in [5.74, 6) is 0.504. The van der Waals surface area contributed by atoms with Crippen LogP contribution in [0.25, 0.3) is 12.2 Å². The molecule has 0 unspecified atom stereocenters. The predicted molar refractivity (Wildman–Crippen MR) is 87.8 cm³/mol. The van der Waals surface area contributed by atoms with Crippen molar-refractivity contribution >= 4 is 24.0 Å². The molecule has 0 saturated carbocycles. The highest BCUT2D eigenvalue weighted by Crippen LogP contribution is 2.20. The summed E-state index contributed by atoms with van der Waals surface area (Å²) in [6, 6.07) is 11.2. The molecular weight excluding hydrogens is 292 g/mol. The van der Waals surface area contributed by atoms with Gasteiger partial charge in [-0.25, -0.2) is 9.79 Å². The fraction of sp³-hybridized carbons (Fsp3) is 0.0556. The number of ether oxygens (including phenoxy) is 2. The van der Waals surface area contributed by atoms with Crippen molar-refractivity contribution in [2.45, 2.75) is 0 Å². The molecule has 1 aromatic carbocycles. The van der Waals surface area contributed by atoms with Crippen LogP contribution in [0.4, 0.5) is 0 Å². The molecule has 114 valence electrons. The van der Waals surface area contributed by atoms with Crippen molar-refractivity contribution in [3.05, 3.63) is 71.7 Å². The zero-order valence-corrected chi connectivity index (χ0v) is 12.5. The highest BCUT2D eigenvalue weighted by molar-refractivity contribution is 6.11. The highest BCUT2D eigenvalue weighted by Gasteiger charge is 2.21. The molecule has 0 amide bonds. The first-order chi connectivity index (χ1) is 11.3. The molecule has 0 fully saturated rings. The molecule has 0 bridgehead atoms. The van der Waals surface area contributed by atoms with Gasteiger partial charge in [0.25, 0.3) is 0 Å². The lowest BCUT2D eigenvalue weighted by Gasteiger charge is -2.02. The van der Waals surface area contributed by atoms with Crippen LogP contribution >= 0.6 is 0 Å². The maximum atomic E-state index is 11.8. The lowest BCUT2D eigenvalue weighted by molar-refractivity contribution is -0.129. The van der Waals surface area contributed by atoms with Crippen LogP contribution in [0, 0.1) is 0 Å². The summed E-state index contributed by atoms with van der Waals surface area (Å²) in [5, 5.41) is 0. The summed E-state index contributed by atoms with van der Waals surface area (Å²) in [6.45, 7) is 0. The molecular formula is C18H14N2O3. The molecule has 0 atom stereocenters. The van der Waals surface area contributed by atoms with Gasteiger partial charge in [-0.05, 0) is 29.8 Å². The van der Waals surface area contributed by atoms with E-state index in [4.69, 9.17) is 9.47 Å². The second kappa shape index (κ2) is 6.70. The van der Waals surface area contributed by atoms with E-state index in [1.54, 1.807) is 43.8 Å². The monoisotopic (exact) mass is 306 g/mol. The topological polar surface area (TPSA) is 60.8 Å². The third-order valence-electron chi connectivity index (χ3n) is 3.17. The normalized spacial score (nSPS) is 15.8. The summed E-state index contributed by atoms with van der Waals surface area (Å²) in [7, 11) is 1.61. The van der Waals surface area contributed by atoms with Crippen LogP contribution in [0.15, 0.2) is 65.6 Å². The predicted octanol–water partition coefficient (Wildman–Crippen LogP) is 3.10. The number of benzene rings is 1. The Morgan fingerprint density at radius 3 is 2.78 bits per heavy atom. The summed E-state index contributed by atoms with van der Waals surface area (Å²) < 4.78 is 10.4. The molecule has 2 heterocycles. The SMILES string of the molecule is COc1ccccc1/C=C/C1=NC(=Cc2cccnc2)C(=O)O1. The molecule has 1 aliphatic rings. The Bertz CT molecular complexity index is 808. The number of pyridine rings is 1. The van der Waals surface area contributed by atoms with Gasteiger partial charge in [0.1, 0.15) is 5.75 Å². The van der Waals surface area contributed by atoms with Gasteiger partial charge in [-0.1, -0.05) is 24.3 Å². The number of aliphatic imine (C=N–C) groups is 1. The molecule has 0 N–H and O–H groups in total. The molecule has 1 aliphatic heterocycles. The Morgan fingerprint density at radius 1 is 1.13 bits per heavy atom. The highest BCUT2D eigenvalue weighted by atomic mass is 16.6. The number of carbonyl (C=O) groups is 1. The Hall–Kier alpha value is -3.21. The van der Waals surface area contributed by atoms with Crippen LogP contribution in [-0.4, -0.2) is 24.0 Å². The molecule has 0 aliphatic carbocycles. The van der Waals surface area contributed by atoms with E-state index in [0.29, 0.717) is 0 Å². The number of hydrogen-bond acceptors (Lipinski definition) is 5. The van der Waals surface area contributed by atoms with Crippen molar-refractivity contribution in [3.63, 3.8) is 0 Å². The maximum Gasteiger partial charge on any atom is 0.363 e. The van der Waals surface area contributed by atoms with Gasteiger partial charge in [-0.2, -0.15) is 0 Å². The van der Waals surface area contributed by atoms with Crippen molar-refractivity contribution in [3.8, 4) is 5.75 Å². The number of para-hydroxylation sites is 1. The summed E-state index contributed by atoms with van der Waals surface area (Å²) >= 11 is 0. The van der Waals surface area contributed by atoms with Gasteiger partial charge in [0.05, 0.1) is 7.11 Å². The number of methoxy groups -OCH3 is 1. The van der Waals surface area contributed by atoms with Gasteiger partial charge in [-0.15, -0.1) is 0 Å². The summed E-state index contributed by atoms with van der Waals surface area (Å²) in [5.41, 5.74) is 1.91. The van der Waals surface area contributed by atoms with Crippen LogP contribution < -0.4 is 4.74 Å². The zero-order valence-electron chi connectivity index (χ0n) is 12.5. The molecule has 3 rings (SSSR count). The molecule has 5 nitrogen and oxygen atoms in total. The largest absolute Gasteiger partial charge is 0.496 e. The van der Waals surface area contributed by atoms with Crippen LogP contribution in [0.1, 0.15) is 11.1 Å². The second-order valence-electron chi connectivity index (χ2n) is 4.73. The smallest absolute Gasteiger partial charge is 0.363 e.